The number of oxazole rings is 1. The van der Waals surface area contributed by atoms with Crippen LogP contribution >= 0.6 is 0 Å². The van der Waals surface area contributed by atoms with Gasteiger partial charge in [-0.05, 0) is 37.6 Å². The van der Waals surface area contributed by atoms with Crippen LogP contribution in [-0.2, 0) is 21.1 Å². The highest BCUT2D eigenvalue weighted by Gasteiger charge is 2.31. The molecule has 158 valence electrons. The second-order valence-electron chi connectivity index (χ2n) is 7.35. The molecule has 0 saturated carbocycles. The maximum atomic E-state index is 13.0. The number of nitrogens with zero attached hydrogens (tertiary/aromatic N) is 3. The first-order valence-corrected chi connectivity index (χ1v) is 11.4. The molecule has 1 aromatic carbocycles. The Morgan fingerprint density at radius 3 is 2.80 bits per heavy atom. The molecule has 0 spiro atoms. The van der Waals surface area contributed by atoms with Crippen molar-refractivity contribution in [2.45, 2.75) is 32.2 Å². The molecular weight excluding hydrogens is 411 g/mol. The minimum Gasteiger partial charge on any atom is -0.441 e. The molecule has 1 amide bonds. The average Bonchev–Trinajstić information content (AvgIpc) is 3.39. The van der Waals surface area contributed by atoms with Crippen LogP contribution in [0, 0.1) is 12.7 Å². The SMILES string of the molecule is Cc1cc(NC(=O)CCc2ncc(-c3ccc(F)cc3)o2)n(C2CCS(=O)(=O)C2)n1. The highest BCUT2D eigenvalue weighted by Crippen LogP contribution is 2.27. The van der Waals surface area contributed by atoms with Gasteiger partial charge in [0.05, 0.1) is 29.4 Å². The molecule has 1 N–H and O–H groups in total. The minimum absolute atomic E-state index is 0.0273. The van der Waals surface area contributed by atoms with Gasteiger partial charge >= 0.3 is 0 Å². The number of nitrogens with one attached hydrogen (secondary N) is 1. The molecule has 1 atom stereocenters. The van der Waals surface area contributed by atoms with E-state index in [0.29, 0.717) is 35.1 Å². The Bertz CT molecular complexity index is 1170. The number of rotatable bonds is 6. The van der Waals surface area contributed by atoms with Gasteiger partial charge < -0.3 is 9.73 Å². The number of amides is 1. The Morgan fingerprint density at radius 1 is 1.33 bits per heavy atom. The van der Waals surface area contributed by atoms with E-state index in [1.807, 2.05) is 0 Å². The molecule has 1 unspecified atom stereocenters. The molecule has 8 nitrogen and oxygen atoms in total. The summed E-state index contributed by atoms with van der Waals surface area (Å²) in [4.78, 5) is 16.6. The van der Waals surface area contributed by atoms with E-state index < -0.39 is 9.84 Å². The maximum absolute atomic E-state index is 13.0. The summed E-state index contributed by atoms with van der Waals surface area (Å²) < 4.78 is 43.8. The number of aromatic nitrogens is 3. The van der Waals surface area contributed by atoms with E-state index in [4.69, 9.17) is 4.42 Å². The molecule has 10 heteroatoms. The third-order valence-corrected chi connectivity index (χ3v) is 6.68. The van der Waals surface area contributed by atoms with Crippen molar-refractivity contribution in [2.24, 2.45) is 0 Å². The highest BCUT2D eigenvalue weighted by atomic mass is 32.2. The fourth-order valence-corrected chi connectivity index (χ4v) is 5.15. The Hall–Kier alpha value is -3.01. The number of carbonyl (C=O) groups excluding carboxylic acids is 1. The number of benzene rings is 1. The van der Waals surface area contributed by atoms with Crippen LogP contribution in [0.5, 0.6) is 0 Å². The summed E-state index contributed by atoms with van der Waals surface area (Å²) in [6.07, 6.45) is 2.45. The van der Waals surface area contributed by atoms with E-state index in [1.54, 1.807) is 36.0 Å². The molecule has 3 heterocycles. The van der Waals surface area contributed by atoms with Gasteiger partial charge in [0, 0.05) is 24.5 Å². The van der Waals surface area contributed by atoms with Crippen molar-refractivity contribution in [1.82, 2.24) is 14.8 Å². The zero-order chi connectivity index (χ0) is 21.3. The van der Waals surface area contributed by atoms with Crippen molar-refractivity contribution >= 4 is 21.6 Å². The number of sulfone groups is 1. The summed E-state index contributed by atoms with van der Waals surface area (Å²) in [6, 6.07) is 7.32. The standard InChI is InChI=1S/C20H21FN4O4S/c1-13-10-18(25(24-13)16-8-9-30(27,28)12-16)23-19(26)6-7-20-22-11-17(29-20)14-2-4-15(21)5-3-14/h2-5,10-11,16H,6-9,12H2,1H3,(H,23,26). The monoisotopic (exact) mass is 432 g/mol. The quantitative estimate of drug-likeness (QED) is 0.642. The van der Waals surface area contributed by atoms with E-state index in [9.17, 15) is 17.6 Å². The number of hydrogen-bond donors (Lipinski definition) is 1. The van der Waals surface area contributed by atoms with E-state index in [-0.39, 0.29) is 42.1 Å². The van der Waals surface area contributed by atoms with Crippen LogP contribution in [0.3, 0.4) is 0 Å². The predicted octanol–water partition coefficient (Wildman–Crippen LogP) is 2.92. The zero-order valence-corrected chi connectivity index (χ0v) is 17.2. The van der Waals surface area contributed by atoms with Crippen LogP contribution in [0.2, 0.25) is 0 Å². The van der Waals surface area contributed by atoms with E-state index in [2.05, 4.69) is 15.4 Å². The van der Waals surface area contributed by atoms with Gasteiger partial charge in [-0.25, -0.2) is 22.5 Å². The summed E-state index contributed by atoms with van der Waals surface area (Å²) in [5.74, 6) is 0.958. The first-order chi connectivity index (χ1) is 14.3. The van der Waals surface area contributed by atoms with Crippen LogP contribution in [-0.4, -0.2) is 40.6 Å². The maximum Gasteiger partial charge on any atom is 0.226 e. The topological polar surface area (TPSA) is 107 Å². The number of halogens is 1. The third kappa shape index (κ3) is 4.59. The molecule has 0 radical (unpaired) electrons. The molecule has 1 aliphatic heterocycles. The van der Waals surface area contributed by atoms with Gasteiger partial charge in [0.1, 0.15) is 11.6 Å². The van der Waals surface area contributed by atoms with Gasteiger partial charge in [0.25, 0.3) is 0 Å². The molecule has 0 aliphatic carbocycles. The number of carbonyl (C=O) groups is 1. The Kier molecular flexibility index (Phi) is 5.42. The van der Waals surface area contributed by atoms with Crippen molar-refractivity contribution < 1.29 is 22.0 Å². The molecule has 3 aromatic rings. The lowest BCUT2D eigenvalue weighted by Gasteiger charge is -2.13. The van der Waals surface area contributed by atoms with Gasteiger partial charge in [-0.1, -0.05) is 0 Å². The van der Waals surface area contributed by atoms with Crippen molar-refractivity contribution in [3.63, 3.8) is 0 Å². The van der Waals surface area contributed by atoms with E-state index in [0.717, 1.165) is 0 Å². The number of hydrogen-bond acceptors (Lipinski definition) is 6. The Morgan fingerprint density at radius 2 is 2.10 bits per heavy atom. The van der Waals surface area contributed by atoms with Gasteiger partial charge in [-0.3, -0.25) is 4.79 Å². The first kappa shape index (κ1) is 20.3. The lowest BCUT2D eigenvalue weighted by molar-refractivity contribution is -0.116. The van der Waals surface area contributed by atoms with Crippen molar-refractivity contribution in [1.29, 1.82) is 0 Å². The van der Waals surface area contributed by atoms with Gasteiger partial charge in [0.15, 0.2) is 21.5 Å². The van der Waals surface area contributed by atoms with Crippen molar-refractivity contribution in [3.05, 3.63) is 53.9 Å². The Labute approximate surface area is 173 Å². The average molecular weight is 432 g/mol. The van der Waals surface area contributed by atoms with Gasteiger partial charge in [0.2, 0.25) is 5.91 Å². The third-order valence-electron chi connectivity index (χ3n) is 4.93. The normalized spacial score (nSPS) is 17.9. The van der Waals surface area contributed by atoms with E-state index >= 15 is 0 Å². The summed E-state index contributed by atoms with van der Waals surface area (Å²) in [5, 5.41) is 7.16. The molecular formula is C20H21FN4O4S. The smallest absolute Gasteiger partial charge is 0.226 e. The number of anilines is 1. The van der Waals surface area contributed by atoms with Gasteiger partial charge in [-0.2, -0.15) is 5.10 Å². The van der Waals surface area contributed by atoms with Crippen LogP contribution in [0.25, 0.3) is 11.3 Å². The Balaban J connectivity index is 1.37. The van der Waals surface area contributed by atoms with Gasteiger partial charge in [-0.15, -0.1) is 0 Å². The lowest BCUT2D eigenvalue weighted by Crippen LogP contribution is -2.19. The minimum atomic E-state index is -3.06. The first-order valence-electron chi connectivity index (χ1n) is 9.56. The second-order valence-corrected chi connectivity index (χ2v) is 9.57. The molecule has 0 bridgehead atoms. The lowest BCUT2D eigenvalue weighted by atomic mass is 10.2. The van der Waals surface area contributed by atoms with E-state index in [1.165, 1.54) is 12.1 Å². The summed E-state index contributed by atoms with van der Waals surface area (Å²) in [5.41, 5.74) is 1.40. The molecule has 30 heavy (non-hydrogen) atoms. The summed E-state index contributed by atoms with van der Waals surface area (Å²) in [6.45, 7) is 1.79. The molecule has 1 aliphatic rings. The fourth-order valence-electron chi connectivity index (χ4n) is 3.46. The molecule has 1 fully saturated rings. The van der Waals surface area contributed by atoms with Crippen molar-refractivity contribution in [3.8, 4) is 11.3 Å². The molecule has 1 saturated heterocycles. The summed E-state index contributed by atoms with van der Waals surface area (Å²) in [7, 11) is -3.06. The van der Waals surface area contributed by atoms with Crippen LogP contribution in [0.15, 0.2) is 40.9 Å². The van der Waals surface area contributed by atoms with Crippen LogP contribution in [0.1, 0.15) is 30.5 Å². The summed E-state index contributed by atoms with van der Waals surface area (Å²) >= 11 is 0. The van der Waals surface area contributed by atoms with Crippen molar-refractivity contribution in [2.75, 3.05) is 16.8 Å². The van der Waals surface area contributed by atoms with Crippen LogP contribution in [0.4, 0.5) is 10.2 Å². The highest BCUT2D eigenvalue weighted by molar-refractivity contribution is 7.91. The molecule has 2 aromatic heterocycles. The predicted molar refractivity (Wildman–Crippen MR) is 108 cm³/mol. The second kappa shape index (κ2) is 8.02. The van der Waals surface area contributed by atoms with Crippen LogP contribution < -0.4 is 5.32 Å². The fraction of sp³-hybridized carbons (Fsp3) is 0.350. The molecule has 4 rings (SSSR count). The number of aryl methyl sites for hydroxylation is 2. The zero-order valence-electron chi connectivity index (χ0n) is 16.3. The largest absolute Gasteiger partial charge is 0.441 e.